The molecule has 0 aromatic heterocycles. The largest absolute Gasteiger partial charge is 0.338 e. The second-order valence-electron chi connectivity index (χ2n) is 4.53. The average molecular weight is 255 g/mol. The van der Waals surface area contributed by atoms with Gasteiger partial charge in [0.15, 0.2) is 0 Å². The predicted octanol–water partition coefficient (Wildman–Crippen LogP) is 3.14. The number of amides is 2. The van der Waals surface area contributed by atoms with Gasteiger partial charge in [0.1, 0.15) is 0 Å². The number of benzene rings is 1. The zero-order chi connectivity index (χ0) is 12.8. The molecule has 1 aromatic carbocycles. The zero-order valence-electron chi connectivity index (χ0n) is 10.5. The number of nitrogens with zero attached hydrogens (tertiary/aromatic N) is 1. The van der Waals surface area contributed by atoms with Crippen LogP contribution >= 0.6 is 11.6 Å². The summed E-state index contributed by atoms with van der Waals surface area (Å²) in [6.07, 6.45) is 0. The second kappa shape index (κ2) is 6.50. The third-order valence-corrected chi connectivity index (χ3v) is 2.74. The van der Waals surface area contributed by atoms with Gasteiger partial charge in [0.2, 0.25) is 0 Å². The molecule has 2 amide bonds. The van der Waals surface area contributed by atoms with Crippen molar-refractivity contribution in [1.82, 2.24) is 10.2 Å². The fourth-order valence-electron chi connectivity index (χ4n) is 1.38. The van der Waals surface area contributed by atoms with E-state index in [-0.39, 0.29) is 6.03 Å². The summed E-state index contributed by atoms with van der Waals surface area (Å²) in [5, 5.41) is 3.56. The molecule has 94 valence electrons. The van der Waals surface area contributed by atoms with Gasteiger partial charge >= 0.3 is 6.03 Å². The fraction of sp³-hybridized carbons (Fsp3) is 0.462. The smallest absolute Gasteiger partial charge is 0.317 e. The Morgan fingerprint density at radius 2 is 2.06 bits per heavy atom. The van der Waals surface area contributed by atoms with Crippen LogP contribution in [0, 0.1) is 5.92 Å². The van der Waals surface area contributed by atoms with Crippen molar-refractivity contribution in [2.45, 2.75) is 20.4 Å². The molecule has 17 heavy (non-hydrogen) atoms. The van der Waals surface area contributed by atoms with E-state index in [2.05, 4.69) is 19.2 Å². The van der Waals surface area contributed by atoms with Crippen molar-refractivity contribution < 1.29 is 4.79 Å². The second-order valence-corrected chi connectivity index (χ2v) is 4.93. The van der Waals surface area contributed by atoms with E-state index < -0.39 is 0 Å². The van der Waals surface area contributed by atoms with E-state index in [1.807, 2.05) is 24.3 Å². The predicted molar refractivity (Wildman–Crippen MR) is 71.2 cm³/mol. The SMILES string of the molecule is CC(C)CNC(=O)N(C)Cc1ccccc1Cl. The molecule has 0 aliphatic heterocycles. The molecule has 0 aliphatic carbocycles. The average Bonchev–Trinajstić information content (AvgIpc) is 2.28. The van der Waals surface area contributed by atoms with Gasteiger partial charge in [-0.3, -0.25) is 0 Å². The van der Waals surface area contributed by atoms with Gasteiger partial charge in [-0.15, -0.1) is 0 Å². The van der Waals surface area contributed by atoms with Crippen molar-refractivity contribution in [3.8, 4) is 0 Å². The molecule has 0 aliphatic rings. The molecule has 1 aromatic rings. The lowest BCUT2D eigenvalue weighted by atomic mass is 10.2. The van der Waals surface area contributed by atoms with Gasteiger partial charge in [0.25, 0.3) is 0 Å². The maximum absolute atomic E-state index is 11.7. The molecular formula is C13H19ClN2O. The van der Waals surface area contributed by atoms with Crippen molar-refractivity contribution >= 4 is 17.6 Å². The highest BCUT2D eigenvalue weighted by Gasteiger charge is 2.10. The van der Waals surface area contributed by atoms with Crippen LogP contribution in [0.3, 0.4) is 0 Å². The third kappa shape index (κ3) is 4.65. The van der Waals surface area contributed by atoms with Crippen LogP contribution < -0.4 is 5.32 Å². The summed E-state index contributed by atoms with van der Waals surface area (Å²) in [4.78, 5) is 13.4. The molecule has 0 heterocycles. The minimum Gasteiger partial charge on any atom is -0.338 e. The molecule has 0 spiro atoms. The van der Waals surface area contributed by atoms with Crippen LogP contribution in [0.1, 0.15) is 19.4 Å². The van der Waals surface area contributed by atoms with Crippen LogP contribution in [-0.4, -0.2) is 24.5 Å². The first-order chi connectivity index (χ1) is 8.00. The van der Waals surface area contributed by atoms with E-state index >= 15 is 0 Å². The van der Waals surface area contributed by atoms with E-state index in [4.69, 9.17) is 11.6 Å². The lowest BCUT2D eigenvalue weighted by molar-refractivity contribution is 0.205. The zero-order valence-corrected chi connectivity index (χ0v) is 11.3. The van der Waals surface area contributed by atoms with E-state index in [0.717, 1.165) is 5.56 Å². The number of carbonyl (C=O) groups is 1. The lowest BCUT2D eigenvalue weighted by Gasteiger charge is -2.19. The molecule has 0 saturated carbocycles. The molecular weight excluding hydrogens is 236 g/mol. The highest BCUT2D eigenvalue weighted by molar-refractivity contribution is 6.31. The van der Waals surface area contributed by atoms with E-state index in [0.29, 0.717) is 24.0 Å². The number of urea groups is 1. The molecule has 1 N–H and O–H groups in total. The fourth-order valence-corrected chi connectivity index (χ4v) is 1.58. The van der Waals surface area contributed by atoms with Gasteiger partial charge in [-0.05, 0) is 17.5 Å². The van der Waals surface area contributed by atoms with Crippen LogP contribution in [0.15, 0.2) is 24.3 Å². The Morgan fingerprint density at radius 3 is 2.65 bits per heavy atom. The number of hydrogen-bond donors (Lipinski definition) is 1. The highest BCUT2D eigenvalue weighted by Crippen LogP contribution is 2.16. The normalized spacial score (nSPS) is 10.4. The summed E-state index contributed by atoms with van der Waals surface area (Å²) in [7, 11) is 1.76. The van der Waals surface area contributed by atoms with E-state index in [1.165, 1.54) is 0 Å². The minimum absolute atomic E-state index is 0.0707. The summed E-state index contributed by atoms with van der Waals surface area (Å²) < 4.78 is 0. The van der Waals surface area contributed by atoms with Crippen LogP contribution in [0.4, 0.5) is 4.79 Å². The van der Waals surface area contributed by atoms with E-state index in [9.17, 15) is 4.79 Å². The van der Waals surface area contributed by atoms with Gasteiger partial charge in [-0.2, -0.15) is 0 Å². The van der Waals surface area contributed by atoms with Gasteiger partial charge in [-0.25, -0.2) is 4.79 Å². The number of nitrogens with one attached hydrogen (secondary N) is 1. The molecule has 4 heteroatoms. The van der Waals surface area contributed by atoms with Gasteiger partial charge in [0.05, 0.1) is 0 Å². The molecule has 0 atom stereocenters. The Balaban J connectivity index is 2.51. The Kier molecular flexibility index (Phi) is 5.29. The Bertz CT molecular complexity index is 379. The summed E-state index contributed by atoms with van der Waals surface area (Å²) in [6, 6.07) is 7.48. The lowest BCUT2D eigenvalue weighted by Crippen LogP contribution is -2.38. The summed E-state index contributed by atoms with van der Waals surface area (Å²) >= 11 is 6.04. The van der Waals surface area contributed by atoms with Crippen molar-refractivity contribution in [1.29, 1.82) is 0 Å². The Morgan fingerprint density at radius 1 is 1.41 bits per heavy atom. The molecule has 0 radical (unpaired) electrons. The molecule has 3 nitrogen and oxygen atoms in total. The first-order valence-corrected chi connectivity index (χ1v) is 6.11. The standard InChI is InChI=1S/C13H19ClN2O/c1-10(2)8-15-13(17)16(3)9-11-6-4-5-7-12(11)14/h4-7,10H,8-9H2,1-3H3,(H,15,17). The van der Waals surface area contributed by atoms with Gasteiger partial charge in [0, 0.05) is 25.2 Å². The number of carbonyl (C=O) groups excluding carboxylic acids is 1. The quantitative estimate of drug-likeness (QED) is 0.880. The molecule has 0 bridgehead atoms. The minimum atomic E-state index is -0.0707. The molecule has 1 rings (SSSR count). The third-order valence-electron chi connectivity index (χ3n) is 2.37. The summed E-state index contributed by atoms with van der Waals surface area (Å²) in [5.41, 5.74) is 0.955. The molecule has 0 saturated heterocycles. The monoisotopic (exact) mass is 254 g/mol. The molecule has 0 fully saturated rings. The van der Waals surface area contributed by atoms with Crippen LogP contribution in [0.2, 0.25) is 5.02 Å². The van der Waals surface area contributed by atoms with Gasteiger partial charge in [-0.1, -0.05) is 43.6 Å². The Labute approximate surface area is 108 Å². The van der Waals surface area contributed by atoms with Crippen molar-refractivity contribution in [2.24, 2.45) is 5.92 Å². The summed E-state index contributed by atoms with van der Waals surface area (Å²) in [5.74, 6) is 0.452. The Hall–Kier alpha value is -1.22. The van der Waals surface area contributed by atoms with Crippen LogP contribution in [-0.2, 0) is 6.54 Å². The highest BCUT2D eigenvalue weighted by atomic mass is 35.5. The topological polar surface area (TPSA) is 32.3 Å². The van der Waals surface area contributed by atoms with Crippen molar-refractivity contribution in [3.05, 3.63) is 34.9 Å². The summed E-state index contributed by atoms with van der Waals surface area (Å²) in [6.45, 7) is 5.33. The number of hydrogen-bond acceptors (Lipinski definition) is 1. The van der Waals surface area contributed by atoms with Crippen molar-refractivity contribution in [2.75, 3.05) is 13.6 Å². The number of rotatable bonds is 4. The maximum Gasteiger partial charge on any atom is 0.317 e. The van der Waals surface area contributed by atoms with Crippen molar-refractivity contribution in [3.63, 3.8) is 0 Å². The van der Waals surface area contributed by atoms with E-state index in [1.54, 1.807) is 11.9 Å². The first kappa shape index (κ1) is 13.8. The van der Waals surface area contributed by atoms with Crippen LogP contribution in [0.5, 0.6) is 0 Å². The van der Waals surface area contributed by atoms with Gasteiger partial charge < -0.3 is 10.2 Å². The maximum atomic E-state index is 11.7. The first-order valence-electron chi connectivity index (χ1n) is 5.73. The number of halogens is 1. The van der Waals surface area contributed by atoms with Crippen LogP contribution in [0.25, 0.3) is 0 Å². The molecule has 0 unspecified atom stereocenters.